The molecule has 0 aliphatic heterocycles. The minimum Gasteiger partial charge on any atom is -0.490 e. The summed E-state index contributed by atoms with van der Waals surface area (Å²) in [7, 11) is 2.85. The number of aliphatic imine (C=N–C) groups is 2. The summed E-state index contributed by atoms with van der Waals surface area (Å²) in [5.74, 6) is 0.245. The number of hydrogen-bond acceptors (Lipinski definition) is 8. The van der Waals surface area contributed by atoms with Crippen LogP contribution < -0.4 is 10.1 Å². The molecule has 2 aromatic carbocycles. The van der Waals surface area contributed by atoms with Gasteiger partial charge in [-0.3, -0.25) is 10.2 Å². The lowest BCUT2D eigenvalue weighted by Gasteiger charge is -2.13. The molecule has 184 valence electrons. The van der Waals surface area contributed by atoms with Crippen LogP contribution >= 0.6 is 11.8 Å². The first-order valence-electron chi connectivity index (χ1n) is 10.4. The number of amidine groups is 1. The molecule has 0 saturated carbocycles. The molecule has 2 amide bonds. The monoisotopic (exact) mass is 496 g/mol. The second-order valence-electron chi connectivity index (χ2n) is 7.05. The summed E-state index contributed by atoms with van der Waals surface area (Å²) in [6.45, 7) is 5.68. The lowest BCUT2D eigenvalue weighted by Crippen LogP contribution is -2.27. The molecule has 2 N–H and O–H groups in total. The Labute approximate surface area is 208 Å². The highest BCUT2D eigenvalue weighted by Gasteiger charge is 2.17. The van der Waals surface area contributed by atoms with E-state index in [2.05, 4.69) is 16.9 Å². The summed E-state index contributed by atoms with van der Waals surface area (Å²) in [5.41, 5.74) is 3.00. The van der Waals surface area contributed by atoms with Gasteiger partial charge in [-0.1, -0.05) is 12.7 Å². The van der Waals surface area contributed by atoms with E-state index in [4.69, 9.17) is 24.6 Å². The fourth-order valence-corrected chi connectivity index (χ4v) is 3.45. The molecule has 0 radical (unpaired) electrons. The molecule has 0 bridgehead atoms. The van der Waals surface area contributed by atoms with E-state index in [1.165, 1.54) is 25.8 Å². The topological polar surface area (TPSA) is 122 Å². The average Bonchev–Trinajstić information content (AvgIpc) is 2.84. The first-order chi connectivity index (χ1) is 16.8. The van der Waals surface area contributed by atoms with Crippen molar-refractivity contribution in [1.29, 1.82) is 5.41 Å². The number of hydrogen-bond donors (Lipinski definition) is 2. The maximum absolute atomic E-state index is 12.0. The van der Waals surface area contributed by atoms with Crippen molar-refractivity contribution in [2.24, 2.45) is 9.98 Å². The SMILES string of the molecule is C=CCOc1cc(COC)cc(C(=Nc2ccc(C(=N)NC(C)=O)cc2)C(=NC(=O)OC)SC)c1. The average molecular weight is 497 g/mol. The Morgan fingerprint density at radius 2 is 1.86 bits per heavy atom. The van der Waals surface area contributed by atoms with E-state index in [1.807, 2.05) is 12.1 Å². The zero-order chi connectivity index (χ0) is 25.8. The fraction of sp³-hybridized carbons (Fsp3) is 0.240. The van der Waals surface area contributed by atoms with Gasteiger partial charge in [-0.05, 0) is 54.3 Å². The molecule has 0 aromatic heterocycles. The van der Waals surface area contributed by atoms with E-state index < -0.39 is 6.09 Å². The summed E-state index contributed by atoms with van der Waals surface area (Å²) in [5, 5.41) is 10.8. The fourth-order valence-electron chi connectivity index (χ4n) is 2.93. The van der Waals surface area contributed by atoms with Crippen molar-refractivity contribution >= 4 is 46.0 Å². The number of rotatable bonds is 9. The van der Waals surface area contributed by atoms with E-state index >= 15 is 0 Å². The van der Waals surface area contributed by atoms with Gasteiger partial charge in [0.2, 0.25) is 5.91 Å². The summed E-state index contributed by atoms with van der Waals surface area (Å²) in [4.78, 5) is 32.0. The Morgan fingerprint density at radius 1 is 1.14 bits per heavy atom. The smallest absolute Gasteiger partial charge is 0.434 e. The van der Waals surface area contributed by atoms with Crippen molar-refractivity contribution < 1.29 is 23.8 Å². The third-order valence-corrected chi connectivity index (χ3v) is 5.05. The molecular formula is C25H28N4O5S. The lowest BCUT2D eigenvalue weighted by molar-refractivity contribution is -0.117. The molecule has 0 saturated heterocycles. The Bertz CT molecular complexity index is 1140. The van der Waals surface area contributed by atoms with Crippen molar-refractivity contribution in [3.63, 3.8) is 0 Å². The van der Waals surface area contributed by atoms with Crippen molar-refractivity contribution in [2.45, 2.75) is 13.5 Å². The van der Waals surface area contributed by atoms with E-state index in [0.717, 1.165) is 5.56 Å². The van der Waals surface area contributed by atoms with Crippen LogP contribution in [-0.2, 0) is 20.9 Å². The van der Waals surface area contributed by atoms with E-state index in [9.17, 15) is 9.59 Å². The van der Waals surface area contributed by atoms with Crippen LogP contribution in [0.25, 0.3) is 0 Å². The number of methoxy groups -OCH3 is 2. The number of amides is 2. The number of nitrogens with one attached hydrogen (secondary N) is 2. The van der Waals surface area contributed by atoms with Gasteiger partial charge in [0.05, 0.1) is 19.4 Å². The number of ether oxygens (including phenoxy) is 3. The predicted molar refractivity (Wildman–Crippen MR) is 139 cm³/mol. The second kappa shape index (κ2) is 13.8. The van der Waals surface area contributed by atoms with Gasteiger partial charge in [0.1, 0.15) is 28.9 Å². The Morgan fingerprint density at radius 3 is 2.43 bits per heavy atom. The zero-order valence-electron chi connectivity index (χ0n) is 20.1. The van der Waals surface area contributed by atoms with Gasteiger partial charge in [0.25, 0.3) is 0 Å². The van der Waals surface area contributed by atoms with Crippen molar-refractivity contribution in [3.8, 4) is 5.75 Å². The molecule has 0 spiro atoms. The van der Waals surface area contributed by atoms with E-state index in [0.29, 0.717) is 46.5 Å². The van der Waals surface area contributed by atoms with Gasteiger partial charge in [0, 0.05) is 25.2 Å². The number of carbonyl (C=O) groups is 2. The lowest BCUT2D eigenvalue weighted by atomic mass is 10.1. The van der Waals surface area contributed by atoms with Gasteiger partial charge in [-0.15, -0.1) is 11.8 Å². The van der Waals surface area contributed by atoms with E-state index in [-0.39, 0.29) is 11.7 Å². The standard InChI is InChI=1S/C25H28N4O5S/c1-6-11-34-21-13-17(15-32-3)12-19(14-21)22(24(35-5)29-25(31)33-4)28-20-9-7-18(8-10-20)23(26)27-16(2)30/h6-10,12-14H,1,11,15H2,2-5H3,(H2,26,27,30). The highest BCUT2D eigenvalue weighted by atomic mass is 32.2. The molecule has 0 aliphatic rings. The van der Waals surface area contributed by atoms with Gasteiger partial charge in [-0.25, -0.2) is 9.79 Å². The number of benzene rings is 2. The molecule has 0 unspecified atom stereocenters. The van der Waals surface area contributed by atoms with Crippen LogP contribution in [0.5, 0.6) is 5.75 Å². The van der Waals surface area contributed by atoms with Crippen LogP contribution in [0.1, 0.15) is 23.6 Å². The molecule has 0 fully saturated rings. The summed E-state index contributed by atoms with van der Waals surface area (Å²) in [6, 6.07) is 12.3. The van der Waals surface area contributed by atoms with Crippen LogP contribution in [0.15, 0.2) is 65.1 Å². The normalized spacial score (nSPS) is 11.5. The molecule has 2 aromatic rings. The van der Waals surface area contributed by atoms with Crippen LogP contribution in [0.4, 0.5) is 10.5 Å². The molecule has 9 nitrogen and oxygen atoms in total. The third kappa shape index (κ3) is 8.51. The van der Waals surface area contributed by atoms with Crippen LogP contribution in [-0.4, -0.2) is 55.7 Å². The first-order valence-corrected chi connectivity index (χ1v) is 11.7. The molecule has 35 heavy (non-hydrogen) atoms. The quantitative estimate of drug-likeness (QED) is 0.299. The summed E-state index contributed by atoms with van der Waals surface area (Å²) < 4.78 is 15.8. The third-order valence-electron chi connectivity index (χ3n) is 4.38. The highest BCUT2D eigenvalue weighted by Crippen LogP contribution is 2.24. The van der Waals surface area contributed by atoms with Crippen LogP contribution in [0.2, 0.25) is 0 Å². The van der Waals surface area contributed by atoms with Crippen LogP contribution in [0.3, 0.4) is 0 Å². The van der Waals surface area contributed by atoms with Gasteiger partial charge >= 0.3 is 6.09 Å². The summed E-state index contributed by atoms with van der Waals surface area (Å²) >= 11 is 1.24. The molecule has 0 heterocycles. The zero-order valence-corrected chi connectivity index (χ0v) is 20.9. The van der Waals surface area contributed by atoms with Crippen LogP contribution in [0, 0.1) is 5.41 Å². The van der Waals surface area contributed by atoms with Gasteiger partial charge in [-0.2, -0.15) is 4.99 Å². The van der Waals surface area contributed by atoms with Crippen molar-refractivity contribution in [1.82, 2.24) is 5.32 Å². The largest absolute Gasteiger partial charge is 0.490 e. The molecule has 0 aliphatic carbocycles. The molecule has 10 heteroatoms. The maximum Gasteiger partial charge on any atom is 0.434 e. The Hall–Kier alpha value is -3.76. The second-order valence-corrected chi connectivity index (χ2v) is 7.85. The van der Waals surface area contributed by atoms with Gasteiger partial charge in [0.15, 0.2) is 0 Å². The van der Waals surface area contributed by atoms with Crippen molar-refractivity contribution in [2.75, 3.05) is 27.1 Å². The first kappa shape index (κ1) is 27.5. The highest BCUT2D eigenvalue weighted by molar-refractivity contribution is 8.15. The molecule has 0 atom stereocenters. The Balaban J connectivity index is 2.63. The predicted octanol–water partition coefficient (Wildman–Crippen LogP) is 4.51. The van der Waals surface area contributed by atoms with E-state index in [1.54, 1.807) is 49.8 Å². The Kier molecular flexibility index (Phi) is 10.9. The maximum atomic E-state index is 12.0. The summed E-state index contributed by atoms with van der Waals surface area (Å²) in [6.07, 6.45) is 2.67. The van der Waals surface area contributed by atoms with Gasteiger partial charge < -0.3 is 19.5 Å². The number of thioether (sulfide) groups is 1. The van der Waals surface area contributed by atoms with Crippen molar-refractivity contribution in [3.05, 3.63) is 71.8 Å². The molecular weight excluding hydrogens is 468 g/mol. The minimum atomic E-state index is -0.752. The number of carbonyl (C=O) groups excluding carboxylic acids is 2. The number of nitrogens with zero attached hydrogens (tertiary/aromatic N) is 2. The molecule has 2 rings (SSSR count). The minimum absolute atomic E-state index is 0.0124.